The molecule has 1 unspecified atom stereocenters. The molecule has 3 aromatic carbocycles. The van der Waals surface area contributed by atoms with E-state index >= 15 is 0 Å². The summed E-state index contributed by atoms with van der Waals surface area (Å²) in [6, 6.07) is 25.2. The number of anilines is 1. The van der Waals surface area contributed by atoms with Gasteiger partial charge in [-0.1, -0.05) is 93.6 Å². The first kappa shape index (κ1) is 20.6. The average molecular weight is 412 g/mol. The molecule has 3 aromatic rings. The lowest BCUT2D eigenvalue weighted by Gasteiger charge is -2.26. The molecule has 4 rings (SSSR count). The Morgan fingerprint density at radius 3 is 1.90 bits per heavy atom. The maximum atomic E-state index is 13.1. The zero-order valence-electron chi connectivity index (χ0n) is 17.9. The fourth-order valence-corrected chi connectivity index (χ4v) is 3.92. The summed E-state index contributed by atoms with van der Waals surface area (Å²) < 4.78 is 0. The number of carbonyl (C=O) groups is 2. The van der Waals surface area contributed by atoms with E-state index < -0.39 is 17.7 Å². The number of para-hydroxylation sites is 1. The highest BCUT2D eigenvalue weighted by atomic mass is 16.3. The van der Waals surface area contributed by atoms with E-state index in [4.69, 9.17) is 0 Å². The van der Waals surface area contributed by atoms with Crippen molar-refractivity contribution >= 4 is 23.1 Å². The molecule has 0 aliphatic carbocycles. The second-order valence-corrected chi connectivity index (χ2v) is 8.74. The normalized spacial score (nSPS) is 18.4. The molecule has 0 radical (unpaired) electrons. The largest absolute Gasteiger partial charge is 0.507 e. The molecule has 1 aliphatic rings. The Kier molecular flexibility index (Phi) is 5.24. The fraction of sp³-hybridized carbons (Fsp3) is 0.185. The SMILES string of the molecule is CC(C)(C)c1ccc(C2/C(=C(/O)c3ccccc3)C(=O)C(=O)N2c2ccccc2)cc1. The molecule has 0 bridgehead atoms. The molecule has 31 heavy (non-hydrogen) atoms. The third kappa shape index (κ3) is 3.77. The summed E-state index contributed by atoms with van der Waals surface area (Å²) in [5, 5.41) is 11.1. The lowest BCUT2D eigenvalue weighted by Crippen LogP contribution is -2.29. The molecular weight excluding hydrogens is 386 g/mol. The first-order valence-electron chi connectivity index (χ1n) is 10.3. The standard InChI is InChI=1S/C27H25NO3/c1-27(2,3)20-16-14-18(15-17-20)23-22(24(29)19-10-6-4-7-11-19)25(30)26(31)28(23)21-12-8-5-9-13-21/h4-17,23,29H,1-3H3/b24-22-. The second-order valence-electron chi connectivity index (χ2n) is 8.74. The Bertz CT molecular complexity index is 1140. The van der Waals surface area contributed by atoms with Crippen LogP contribution in [0, 0.1) is 0 Å². The predicted molar refractivity (Wildman–Crippen MR) is 123 cm³/mol. The van der Waals surface area contributed by atoms with Gasteiger partial charge in [0.15, 0.2) is 0 Å². The highest BCUT2D eigenvalue weighted by Crippen LogP contribution is 2.42. The molecule has 1 aliphatic heterocycles. The van der Waals surface area contributed by atoms with Crippen LogP contribution in [-0.2, 0) is 15.0 Å². The number of hydrogen-bond acceptors (Lipinski definition) is 3. The number of benzene rings is 3. The minimum absolute atomic E-state index is 0.0240. The van der Waals surface area contributed by atoms with E-state index in [0.717, 1.165) is 11.1 Å². The zero-order valence-corrected chi connectivity index (χ0v) is 17.9. The van der Waals surface area contributed by atoms with Crippen LogP contribution in [0.2, 0.25) is 0 Å². The summed E-state index contributed by atoms with van der Waals surface area (Å²) in [6.07, 6.45) is 0. The molecule has 1 saturated heterocycles. The molecule has 1 heterocycles. The lowest BCUT2D eigenvalue weighted by molar-refractivity contribution is -0.132. The predicted octanol–water partition coefficient (Wildman–Crippen LogP) is 5.61. The average Bonchev–Trinajstić information content (AvgIpc) is 3.04. The molecule has 4 nitrogen and oxygen atoms in total. The van der Waals surface area contributed by atoms with Gasteiger partial charge in [0.05, 0.1) is 11.6 Å². The summed E-state index contributed by atoms with van der Waals surface area (Å²) in [4.78, 5) is 27.7. The Morgan fingerprint density at radius 2 is 1.35 bits per heavy atom. The Morgan fingerprint density at radius 1 is 0.806 bits per heavy atom. The maximum Gasteiger partial charge on any atom is 0.300 e. The Labute approximate surface area is 182 Å². The van der Waals surface area contributed by atoms with E-state index in [9.17, 15) is 14.7 Å². The number of ketones is 1. The van der Waals surface area contributed by atoms with Crippen molar-refractivity contribution in [3.63, 3.8) is 0 Å². The van der Waals surface area contributed by atoms with Crippen LogP contribution in [-0.4, -0.2) is 16.8 Å². The molecule has 1 amide bonds. The van der Waals surface area contributed by atoms with Crippen LogP contribution in [0.15, 0.2) is 90.5 Å². The van der Waals surface area contributed by atoms with Gasteiger partial charge in [-0.3, -0.25) is 14.5 Å². The van der Waals surface area contributed by atoms with Crippen molar-refractivity contribution in [2.24, 2.45) is 0 Å². The second kappa shape index (κ2) is 7.88. The van der Waals surface area contributed by atoms with Crippen molar-refractivity contribution in [3.05, 3.63) is 107 Å². The van der Waals surface area contributed by atoms with Gasteiger partial charge in [-0.15, -0.1) is 0 Å². The van der Waals surface area contributed by atoms with Crippen molar-refractivity contribution in [1.29, 1.82) is 0 Å². The van der Waals surface area contributed by atoms with E-state index in [1.165, 1.54) is 4.90 Å². The molecule has 4 heteroatoms. The van der Waals surface area contributed by atoms with Crippen LogP contribution < -0.4 is 4.90 Å². The lowest BCUT2D eigenvalue weighted by atomic mass is 9.85. The molecule has 0 spiro atoms. The minimum atomic E-state index is -0.711. The van der Waals surface area contributed by atoms with Crippen molar-refractivity contribution < 1.29 is 14.7 Å². The quantitative estimate of drug-likeness (QED) is 0.346. The van der Waals surface area contributed by atoms with E-state index in [1.807, 2.05) is 48.5 Å². The molecule has 0 saturated carbocycles. The number of carbonyl (C=O) groups excluding carboxylic acids is 2. The van der Waals surface area contributed by atoms with Crippen LogP contribution in [0.25, 0.3) is 5.76 Å². The summed E-state index contributed by atoms with van der Waals surface area (Å²) in [7, 11) is 0. The van der Waals surface area contributed by atoms with Gasteiger partial charge in [0, 0.05) is 11.3 Å². The van der Waals surface area contributed by atoms with Crippen LogP contribution in [0.4, 0.5) is 5.69 Å². The van der Waals surface area contributed by atoms with Gasteiger partial charge in [-0.05, 0) is 28.7 Å². The van der Waals surface area contributed by atoms with Crippen molar-refractivity contribution in [3.8, 4) is 0 Å². The molecule has 1 N–H and O–H groups in total. The van der Waals surface area contributed by atoms with E-state index in [1.54, 1.807) is 36.4 Å². The molecular formula is C27H25NO3. The van der Waals surface area contributed by atoms with E-state index in [2.05, 4.69) is 20.8 Å². The highest BCUT2D eigenvalue weighted by Gasteiger charge is 2.46. The summed E-state index contributed by atoms with van der Waals surface area (Å²) in [5.74, 6) is -1.49. The molecule has 156 valence electrons. The smallest absolute Gasteiger partial charge is 0.300 e. The number of hydrogen-bond donors (Lipinski definition) is 1. The monoisotopic (exact) mass is 411 g/mol. The summed E-state index contributed by atoms with van der Waals surface area (Å²) in [5.41, 5.74) is 3.11. The van der Waals surface area contributed by atoms with Crippen LogP contribution in [0.5, 0.6) is 0 Å². The number of Topliss-reactive ketones (excluding diaryl/α,β-unsaturated/α-hetero) is 1. The van der Waals surface area contributed by atoms with Crippen molar-refractivity contribution in [2.75, 3.05) is 4.90 Å². The fourth-order valence-electron chi connectivity index (χ4n) is 3.92. The van der Waals surface area contributed by atoms with Gasteiger partial charge >= 0.3 is 0 Å². The van der Waals surface area contributed by atoms with Gasteiger partial charge in [-0.2, -0.15) is 0 Å². The van der Waals surface area contributed by atoms with E-state index in [0.29, 0.717) is 11.3 Å². The van der Waals surface area contributed by atoms with Gasteiger partial charge in [0.25, 0.3) is 11.7 Å². The number of aliphatic hydroxyl groups is 1. The van der Waals surface area contributed by atoms with Crippen LogP contribution in [0.3, 0.4) is 0 Å². The van der Waals surface area contributed by atoms with Gasteiger partial charge < -0.3 is 5.11 Å². The third-order valence-corrected chi connectivity index (χ3v) is 5.62. The van der Waals surface area contributed by atoms with Gasteiger partial charge in [0.2, 0.25) is 0 Å². The Balaban J connectivity index is 1.92. The number of rotatable bonds is 3. The Hall–Kier alpha value is -3.66. The molecule has 1 fully saturated rings. The van der Waals surface area contributed by atoms with Crippen LogP contribution >= 0.6 is 0 Å². The molecule has 0 aromatic heterocycles. The van der Waals surface area contributed by atoms with Crippen molar-refractivity contribution in [1.82, 2.24) is 0 Å². The minimum Gasteiger partial charge on any atom is -0.507 e. The van der Waals surface area contributed by atoms with Gasteiger partial charge in [0.1, 0.15) is 5.76 Å². The number of amides is 1. The number of aliphatic hydroxyl groups excluding tert-OH is 1. The summed E-state index contributed by atoms with van der Waals surface area (Å²) >= 11 is 0. The first-order chi connectivity index (χ1) is 14.8. The first-order valence-corrected chi connectivity index (χ1v) is 10.3. The zero-order chi connectivity index (χ0) is 22.2. The van der Waals surface area contributed by atoms with E-state index in [-0.39, 0.29) is 16.7 Å². The number of nitrogens with zero attached hydrogens (tertiary/aromatic N) is 1. The topological polar surface area (TPSA) is 57.6 Å². The van der Waals surface area contributed by atoms with Crippen LogP contribution in [0.1, 0.15) is 43.5 Å². The molecule has 1 atom stereocenters. The van der Waals surface area contributed by atoms with Gasteiger partial charge in [-0.25, -0.2) is 0 Å². The van der Waals surface area contributed by atoms with Crippen molar-refractivity contribution in [2.45, 2.75) is 32.2 Å². The summed E-state index contributed by atoms with van der Waals surface area (Å²) in [6.45, 7) is 6.40. The maximum absolute atomic E-state index is 13.1. The highest BCUT2D eigenvalue weighted by molar-refractivity contribution is 6.51. The third-order valence-electron chi connectivity index (χ3n) is 5.62.